The van der Waals surface area contributed by atoms with Crippen molar-refractivity contribution < 1.29 is 19.7 Å². The lowest BCUT2D eigenvalue weighted by molar-refractivity contribution is 0.248. The minimum atomic E-state index is -0.165. The molecule has 0 radical (unpaired) electrons. The molecule has 0 aliphatic carbocycles. The Balaban J connectivity index is 1.06. The predicted octanol–water partition coefficient (Wildman–Crippen LogP) is 14.8. The molecule has 0 fully saturated rings. The van der Waals surface area contributed by atoms with E-state index in [-0.39, 0.29) is 22.3 Å². The summed E-state index contributed by atoms with van der Waals surface area (Å²) in [7, 11) is 0. The maximum absolute atomic E-state index is 12.2. The lowest BCUT2D eigenvalue weighted by atomic mass is 9.81. The Bertz CT molecular complexity index is 2850. The number of phenols is 2. The smallest absolute Gasteiger partial charge is 0.131 e. The van der Waals surface area contributed by atoms with Gasteiger partial charge in [-0.05, 0) is 104 Å². The number of aryl methyl sites for hydroxylation is 1. The average molecular weight is 791 g/mol. The van der Waals surface area contributed by atoms with Crippen molar-refractivity contribution in [2.75, 3.05) is 13.2 Å². The first-order valence-electron chi connectivity index (χ1n) is 21.0. The molecule has 8 rings (SSSR count). The molecule has 4 heteroatoms. The molecule has 0 saturated carbocycles. The molecule has 0 bridgehead atoms. The van der Waals surface area contributed by atoms with Crippen LogP contribution in [0.4, 0.5) is 0 Å². The number of rotatable bonds is 10. The summed E-state index contributed by atoms with van der Waals surface area (Å²) < 4.78 is 13.0. The molecule has 0 aliphatic rings. The van der Waals surface area contributed by atoms with Gasteiger partial charge in [0.25, 0.3) is 0 Å². The van der Waals surface area contributed by atoms with Gasteiger partial charge in [-0.1, -0.05) is 157 Å². The van der Waals surface area contributed by atoms with Gasteiger partial charge in [0.2, 0.25) is 0 Å². The molecule has 0 amide bonds. The SMILES string of the molecule is Cc1ccc2ccccc2c1-c1cc(C(C)(C)C)cc(-c2ccccc2OCCCOc2ccccc2-c2cc(C(C)(C)C)cc(-c3cccc4ccccc34)c2O)c1O. The standard InChI is InChI=1S/C56H54O4/c1-36-28-29-38-19-9-11-22-42(38)52(36)49-35-40(56(5,6)7)34-48(54(49)58)45-24-13-15-27-51(45)60-31-17-30-59-50-26-14-12-23-44(50)47-33-39(55(2,3)4)32-46(53(47)57)43-25-16-20-37-18-8-10-21-41(37)43/h8-16,18-29,32-35,57-58H,17,30-31H2,1-7H3. The molecular weight excluding hydrogens is 737 g/mol. The maximum Gasteiger partial charge on any atom is 0.131 e. The highest BCUT2D eigenvalue weighted by atomic mass is 16.5. The Morgan fingerprint density at radius 3 is 1.40 bits per heavy atom. The molecule has 4 nitrogen and oxygen atoms in total. The van der Waals surface area contributed by atoms with Crippen molar-refractivity contribution in [3.05, 3.63) is 168 Å². The third kappa shape index (κ3) is 7.95. The van der Waals surface area contributed by atoms with Crippen molar-refractivity contribution in [2.45, 2.75) is 65.7 Å². The van der Waals surface area contributed by atoms with E-state index in [1.165, 1.54) is 0 Å². The molecule has 0 aliphatic heterocycles. The van der Waals surface area contributed by atoms with E-state index in [1.807, 2.05) is 66.7 Å². The Morgan fingerprint density at radius 1 is 0.417 bits per heavy atom. The third-order valence-electron chi connectivity index (χ3n) is 11.6. The van der Waals surface area contributed by atoms with Crippen molar-refractivity contribution in [1.82, 2.24) is 0 Å². The highest BCUT2D eigenvalue weighted by Crippen LogP contribution is 2.48. The normalized spacial score (nSPS) is 11.9. The van der Waals surface area contributed by atoms with Crippen molar-refractivity contribution in [2.24, 2.45) is 0 Å². The van der Waals surface area contributed by atoms with Crippen LogP contribution in [0.3, 0.4) is 0 Å². The van der Waals surface area contributed by atoms with Crippen molar-refractivity contribution in [1.29, 1.82) is 0 Å². The van der Waals surface area contributed by atoms with Crippen LogP contribution in [-0.2, 0) is 10.8 Å². The van der Waals surface area contributed by atoms with Gasteiger partial charge in [0, 0.05) is 39.8 Å². The Kier molecular flexibility index (Phi) is 10.9. The second kappa shape index (κ2) is 16.3. The van der Waals surface area contributed by atoms with E-state index in [2.05, 4.69) is 133 Å². The average Bonchev–Trinajstić information content (AvgIpc) is 3.23. The van der Waals surface area contributed by atoms with Gasteiger partial charge in [-0.3, -0.25) is 0 Å². The van der Waals surface area contributed by atoms with Crippen LogP contribution in [0.2, 0.25) is 0 Å². The van der Waals surface area contributed by atoms with Gasteiger partial charge < -0.3 is 19.7 Å². The molecule has 2 N–H and O–H groups in total. The minimum absolute atomic E-state index is 0.160. The second-order valence-electron chi connectivity index (χ2n) is 17.9. The van der Waals surface area contributed by atoms with Crippen LogP contribution < -0.4 is 9.47 Å². The van der Waals surface area contributed by atoms with Crippen molar-refractivity contribution in [3.63, 3.8) is 0 Å². The zero-order chi connectivity index (χ0) is 42.2. The summed E-state index contributed by atoms with van der Waals surface area (Å²) >= 11 is 0. The number of ether oxygens (including phenoxy) is 2. The number of fused-ring (bicyclic) bond motifs is 2. The monoisotopic (exact) mass is 790 g/mol. The summed E-state index contributed by atoms with van der Waals surface area (Å²) in [6, 6.07) is 51.5. The van der Waals surface area contributed by atoms with Crippen molar-refractivity contribution >= 4 is 21.5 Å². The number of para-hydroxylation sites is 2. The molecule has 0 atom stereocenters. The Hall–Kier alpha value is -6.52. The summed E-state index contributed by atoms with van der Waals surface area (Å²) in [5.74, 6) is 1.86. The van der Waals surface area contributed by atoms with Crippen molar-refractivity contribution in [3.8, 4) is 67.5 Å². The molecule has 8 aromatic carbocycles. The van der Waals surface area contributed by atoms with Crippen LogP contribution in [0.25, 0.3) is 66.1 Å². The first kappa shape index (κ1) is 40.3. The highest BCUT2D eigenvalue weighted by Gasteiger charge is 2.25. The van der Waals surface area contributed by atoms with Gasteiger partial charge in [-0.2, -0.15) is 0 Å². The van der Waals surface area contributed by atoms with Crippen LogP contribution in [0.15, 0.2) is 152 Å². The van der Waals surface area contributed by atoms with Gasteiger partial charge in [0.05, 0.1) is 13.2 Å². The van der Waals surface area contributed by atoms with E-state index < -0.39 is 0 Å². The van der Waals surface area contributed by atoms with Crippen LogP contribution in [-0.4, -0.2) is 23.4 Å². The molecule has 0 saturated heterocycles. The topological polar surface area (TPSA) is 58.9 Å². The van der Waals surface area contributed by atoms with Gasteiger partial charge >= 0.3 is 0 Å². The molecule has 302 valence electrons. The molecular formula is C56H54O4. The number of hydrogen-bond donors (Lipinski definition) is 2. The quantitative estimate of drug-likeness (QED) is 0.135. The fraction of sp³-hybridized carbons (Fsp3) is 0.214. The summed E-state index contributed by atoms with van der Waals surface area (Å²) in [4.78, 5) is 0. The molecule has 8 aromatic rings. The Labute approximate surface area is 354 Å². The van der Waals surface area contributed by atoms with E-state index in [9.17, 15) is 10.2 Å². The fourth-order valence-electron chi connectivity index (χ4n) is 8.19. The summed E-state index contributed by atoms with van der Waals surface area (Å²) in [5, 5.41) is 28.7. The molecule has 0 unspecified atom stereocenters. The van der Waals surface area contributed by atoms with E-state index in [0.717, 1.165) is 82.7 Å². The Morgan fingerprint density at radius 2 is 0.833 bits per heavy atom. The third-order valence-corrected chi connectivity index (χ3v) is 11.6. The first-order chi connectivity index (χ1) is 28.8. The molecule has 0 heterocycles. The van der Waals surface area contributed by atoms with E-state index in [4.69, 9.17) is 9.47 Å². The highest BCUT2D eigenvalue weighted by molar-refractivity contribution is 6.02. The van der Waals surface area contributed by atoms with Crippen LogP contribution in [0, 0.1) is 6.92 Å². The lowest BCUT2D eigenvalue weighted by Gasteiger charge is -2.24. The number of benzene rings is 8. The zero-order valence-corrected chi connectivity index (χ0v) is 35.8. The van der Waals surface area contributed by atoms with Crippen LogP contribution >= 0.6 is 0 Å². The van der Waals surface area contributed by atoms with Gasteiger partial charge in [0.15, 0.2) is 0 Å². The van der Waals surface area contributed by atoms with E-state index in [0.29, 0.717) is 31.1 Å². The van der Waals surface area contributed by atoms with Gasteiger partial charge in [0.1, 0.15) is 23.0 Å². The van der Waals surface area contributed by atoms with E-state index in [1.54, 1.807) is 0 Å². The first-order valence-corrected chi connectivity index (χ1v) is 21.0. The minimum Gasteiger partial charge on any atom is -0.507 e. The number of phenolic OH excluding ortho intramolecular Hbond substituents is 2. The van der Waals surface area contributed by atoms with E-state index >= 15 is 0 Å². The van der Waals surface area contributed by atoms with Crippen LogP contribution in [0.5, 0.6) is 23.0 Å². The zero-order valence-electron chi connectivity index (χ0n) is 35.8. The van der Waals surface area contributed by atoms with Crippen LogP contribution in [0.1, 0.15) is 64.7 Å². The second-order valence-corrected chi connectivity index (χ2v) is 17.9. The van der Waals surface area contributed by atoms with Gasteiger partial charge in [-0.15, -0.1) is 0 Å². The number of aromatic hydroxyl groups is 2. The summed E-state index contributed by atoms with van der Waals surface area (Å²) in [6.07, 6.45) is 0.617. The lowest BCUT2D eigenvalue weighted by Crippen LogP contribution is -2.12. The van der Waals surface area contributed by atoms with Gasteiger partial charge in [-0.25, -0.2) is 0 Å². The number of hydrogen-bond acceptors (Lipinski definition) is 4. The predicted molar refractivity (Wildman–Crippen MR) is 251 cm³/mol. The summed E-state index contributed by atoms with van der Waals surface area (Å²) in [5.41, 5.74) is 9.83. The fourth-order valence-corrected chi connectivity index (χ4v) is 8.19. The molecule has 0 aromatic heterocycles. The molecule has 60 heavy (non-hydrogen) atoms. The molecule has 0 spiro atoms. The largest absolute Gasteiger partial charge is 0.507 e. The summed E-state index contributed by atoms with van der Waals surface area (Å²) in [6.45, 7) is 16.1. The maximum atomic E-state index is 12.2.